The number of hydrogen-bond donors (Lipinski definition) is 1. The molecule has 0 saturated carbocycles. The number of benzene rings is 1. The zero-order chi connectivity index (χ0) is 17.5. The van der Waals surface area contributed by atoms with Crippen LogP contribution in [0.3, 0.4) is 0 Å². The molecule has 1 aliphatic rings. The van der Waals surface area contributed by atoms with Gasteiger partial charge in [0.15, 0.2) is 0 Å². The average Bonchev–Trinajstić information content (AvgIpc) is 2.61. The summed E-state index contributed by atoms with van der Waals surface area (Å²) in [5.41, 5.74) is 0.628. The summed E-state index contributed by atoms with van der Waals surface area (Å²) in [6.07, 6.45) is 0. The molecule has 1 fully saturated rings. The normalized spacial score (nSPS) is 15.4. The molecule has 1 saturated heterocycles. The Kier molecular flexibility index (Phi) is 6.61. The Morgan fingerprint density at radius 3 is 2.29 bits per heavy atom. The minimum atomic E-state index is -0.0775. The first-order valence-electron chi connectivity index (χ1n) is 8.44. The number of methoxy groups -OCH3 is 1. The van der Waals surface area contributed by atoms with E-state index in [4.69, 9.17) is 4.74 Å². The van der Waals surface area contributed by atoms with E-state index < -0.39 is 0 Å². The van der Waals surface area contributed by atoms with E-state index >= 15 is 0 Å². The van der Waals surface area contributed by atoms with Crippen molar-refractivity contribution < 1.29 is 14.3 Å². The molecule has 0 bridgehead atoms. The molecule has 0 unspecified atom stereocenters. The Balaban J connectivity index is 1.69. The van der Waals surface area contributed by atoms with Crippen LogP contribution in [0.15, 0.2) is 24.3 Å². The molecule has 0 aliphatic carbocycles. The van der Waals surface area contributed by atoms with Gasteiger partial charge in [-0.15, -0.1) is 0 Å². The number of nitrogens with zero attached hydrogens (tertiary/aromatic N) is 2. The summed E-state index contributed by atoms with van der Waals surface area (Å²) in [4.78, 5) is 28.2. The van der Waals surface area contributed by atoms with Crippen molar-refractivity contribution in [2.75, 3.05) is 46.4 Å². The molecule has 132 valence electrons. The second kappa shape index (κ2) is 8.68. The number of ether oxygens (including phenoxy) is 1. The molecule has 2 rings (SSSR count). The van der Waals surface area contributed by atoms with Gasteiger partial charge in [0.2, 0.25) is 5.91 Å². The summed E-state index contributed by atoms with van der Waals surface area (Å²) in [6.45, 7) is 8.52. The van der Waals surface area contributed by atoms with Crippen LogP contribution in [0.4, 0.5) is 0 Å². The molecular formula is C18H27N3O3. The lowest BCUT2D eigenvalue weighted by Gasteiger charge is -2.35. The first kappa shape index (κ1) is 18.3. The summed E-state index contributed by atoms with van der Waals surface area (Å²) in [7, 11) is 1.60. The van der Waals surface area contributed by atoms with Gasteiger partial charge in [0.1, 0.15) is 5.75 Å². The third-order valence-corrected chi connectivity index (χ3v) is 4.24. The van der Waals surface area contributed by atoms with Crippen molar-refractivity contribution in [3.8, 4) is 5.75 Å². The third-order valence-electron chi connectivity index (χ3n) is 4.24. The topological polar surface area (TPSA) is 61.9 Å². The van der Waals surface area contributed by atoms with Gasteiger partial charge in [-0.2, -0.15) is 0 Å². The van der Waals surface area contributed by atoms with Crippen LogP contribution in [-0.2, 0) is 4.79 Å². The number of hydrogen-bond acceptors (Lipinski definition) is 4. The summed E-state index contributed by atoms with van der Waals surface area (Å²) >= 11 is 0. The number of carbonyl (C=O) groups is 2. The monoisotopic (exact) mass is 333 g/mol. The molecule has 6 heteroatoms. The Hall–Kier alpha value is -2.08. The molecular weight excluding hydrogens is 306 g/mol. The Labute approximate surface area is 143 Å². The number of nitrogens with one attached hydrogen (secondary N) is 1. The molecule has 0 atom stereocenters. The second-order valence-corrected chi connectivity index (χ2v) is 6.31. The fraction of sp³-hybridized carbons (Fsp3) is 0.556. The van der Waals surface area contributed by atoms with Gasteiger partial charge in [0.25, 0.3) is 5.91 Å². The van der Waals surface area contributed by atoms with Crippen LogP contribution in [0.2, 0.25) is 0 Å². The van der Waals surface area contributed by atoms with E-state index in [-0.39, 0.29) is 17.7 Å². The van der Waals surface area contributed by atoms with Crippen molar-refractivity contribution in [2.24, 2.45) is 5.92 Å². The minimum absolute atomic E-state index is 0.0559. The van der Waals surface area contributed by atoms with E-state index in [0.717, 1.165) is 38.5 Å². The van der Waals surface area contributed by atoms with Crippen molar-refractivity contribution in [1.29, 1.82) is 0 Å². The Bertz CT molecular complexity index is 549. The number of carbonyl (C=O) groups excluding carboxylic acids is 2. The van der Waals surface area contributed by atoms with E-state index in [9.17, 15) is 9.59 Å². The highest BCUT2D eigenvalue weighted by molar-refractivity contribution is 5.94. The summed E-state index contributed by atoms with van der Waals surface area (Å²) < 4.78 is 5.08. The van der Waals surface area contributed by atoms with E-state index in [1.807, 2.05) is 18.7 Å². The molecule has 1 aromatic rings. The summed E-state index contributed by atoms with van der Waals surface area (Å²) in [6, 6.07) is 7.06. The maximum absolute atomic E-state index is 12.1. The number of rotatable bonds is 6. The van der Waals surface area contributed by atoms with Gasteiger partial charge in [-0.25, -0.2) is 0 Å². The predicted molar refractivity (Wildman–Crippen MR) is 93.2 cm³/mol. The number of amides is 2. The zero-order valence-corrected chi connectivity index (χ0v) is 14.7. The van der Waals surface area contributed by atoms with Crippen LogP contribution in [0, 0.1) is 5.92 Å². The van der Waals surface area contributed by atoms with E-state index in [2.05, 4.69) is 10.2 Å². The van der Waals surface area contributed by atoms with Crippen molar-refractivity contribution in [3.63, 3.8) is 0 Å². The Morgan fingerprint density at radius 1 is 1.12 bits per heavy atom. The van der Waals surface area contributed by atoms with Crippen LogP contribution < -0.4 is 10.1 Å². The molecule has 0 radical (unpaired) electrons. The van der Waals surface area contributed by atoms with Gasteiger partial charge < -0.3 is 15.0 Å². The summed E-state index contributed by atoms with van der Waals surface area (Å²) in [5.74, 6) is 0.939. The smallest absolute Gasteiger partial charge is 0.251 e. The van der Waals surface area contributed by atoms with Crippen molar-refractivity contribution >= 4 is 11.8 Å². The van der Waals surface area contributed by atoms with Gasteiger partial charge >= 0.3 is 0 Å². The maximum Gasteiger partial charge on any atom is 0.251 e. The SMILES string of the molecule is COc1ccc(C(=O)NCCN2CCN(C(=O)C(C)C)CC2)cc1. The highest BCUT2D eigenvalue weighted by Gasteiger charge is 2.22. The van der Waals surface area contributed by atoms with E-state index in [0.29, 0.717) is 12.1 Å². The van der Waals surface area contributed by atoms with E-state index in [1.54, 1.807) is 31.4 Å². The third kappa shape index (κ3) is 4.96. The minimum Gasteiger partial charge on any atom is -0.497 e. The molecule has 1 N–H and O–H groups in total. The molecule has 1 aromatic carbocycles. The average molecular weight is 333 g/mol. The first-order valence-corrected chi connectivity index (χ1v) is 8.44. The maximum atomic E-state index is 12.1. The predicted octanol–water partition coefficient (Wildman–Crippen LogP) is 1.23. The Morgan fingerprint density at radius 2 is 1.75 bits per heavy atom. The zero-order valence-electron chi connectivity index (χ0n) is 14.7. The first-order chi connectivity index (χ1) is 11.5. The van der Waals surface area contributed by atoms with Crippen molar-refractivity contribution in [2.45, 2.75) is 13.8 Å². The summed E-state index contributed by atoms with van der Waals surface area (Å²) in [5, 5.41) is 2.93. The van der Waals surface area contributed by atoms with Crippen LogP contribution in [0.1, 0.15) is 24.2 Å². The van der Waals surface area contributed by atoms with Gasteiger partial charge in [-0.05, 0) is 24.3 Å². The van der Waals surface area contributed by atoms with Gasteiger partial charge in [-0.1, -0.05) is 13.8 Å². The molecule has 0 aromatic heterocycles. The van der Waals surface area contributed by atoms with Crippen LogP contribution >= 0.6 is 0 Å². The van der Waals surface area contributed by atoms with Crippen LogP contribution in [0.25, 0.3) is 0 Å². The molecule has 1 aliphatic heterocycles. The van der Waals surface area contributed by atoms with Gasteiger partial charge in [-0.3, -0.25) is 14.5 Å². The highest BCUT2D eigenvalue weighted by Crippen LogP contribution is 2.11. The lowest BCUT2D eigenvalue weighted by atomic mass is 10.1. The van der Waals surface area contributed by atoms with Crippen molar-refractivity contribution in [1.82, 2.24) is 15.1 Å². The largest absolute Gasteiger partial charge is 0.497 e. The molecule has 2 amide bonds. The van der Waals surface area contributed by atoms with Crippen LogP contribution in [-0.4, -0.2) is 68.0 Å². The standard InChI is InChI=1S/C18H27N3O3/c1-14(2)18(23)21-12-10-20(11-13-21)9-8-19-17(22)15-4-6-16(24-3)7-5-15/h4-7,14H,8-13H2,1-3H3,(H,19,22). The fourth-order valence-electron chi connectivity index (χ4n) is 2.73. The highest BCUT2D eigenvalue weighted by atomic mass is 16.5. The quantitative estimate of drug-likeness (QED) is 0.850. The molecule has 24 heavy (non-hydrogen) atoms. The molecule has 0 spiro atoms. The van der Waals surface area contributed by atoms with Gasteiger partial charge in [0, 0.05) is 50.7 Å². The van der Waals surface area contributed by atoms with Crippen LogP contribution in [0.5, 0.6) is 5.75 Å². The van der Waals surface area contributed by atoms with E-state index in [1.165, 1.54) is 0 Å². The lowest BCUT2D eigenvalue weighted by molar-refractivity contribution is -0.136. The van der Waals surface area contributed by atoms with Gasteiger partial charge in [0.05, 0.1) is 7.11 Å². The lowest BCUT2D eigenvalue weighted by Crippen LogP contribution is -2.51. The number of piperazine rings is 1. The fourth-order valence-corrected chi connectivity index (χ4v) is 2.73. The second-order valence-electron chi connectivity index (χ2n) is 6.31. The van der Waals surface area contributed by atoms with Crippen molar-refractivity contribution in [3.05, 3.63) is 29.8 Å². The molecule has 1 heterocycles. The molecule has 6 nitrogen and oxygen atoms in total.